The molecule has 2 N–H and O–H groups in total. The molecule has 2 rings (SSSR count). The minimum Gasteiger partial charge on any atom is -0.490 e. The normalized spacial score (nSPS) is 19.5. The van der Waals surface area contributed by atoms with E-state index in [1.54, 1.807) is 6.20 Å². The number of nitrogens with one attached hydrogen (secondary N) is 2. The van der Waals surface area contributed by atoms with Gasteiger partial charge in [0.25, 0.3) is 0 Å². The Morgan fingerprint density at radius 2 is 2.56 bits per heavy atom. The van der Waals surface area contributed by atoms with Gasteiger partial charge in [0.05, 0.1) is 19.8 Å². The SMILES string of the molecule is CCCOc1cccnc1NCC1COCCN1. The van der Waals surface area contributed by atoms with Crippen LogP contribution in [0.1, 0.15) is 13.3 Å². The Kier molecular flexibility index (Phi) is 5.23. The van der Waals surface area contributed by atoms with E-state index in [9.17, 15) is 0 Å². The number of aromatic nitrogens is 1. The summed E-state index contributed by atoms with van der Waals surface area (Å²) in [6, 6.07) is 4.16. The fraction of sp³-hybridized carbons (Fsp3) is 0.615. The Bertz CT molecular complexity index is 354. The van der Waals surface area contributed by atoms with Crippen molar-refractivity contribution in [2.45, 2.75) is 19.4 Å². The monoisotopic (exact) mass is 251 g/mol. The molecule has 0 saturated carbocycles. The Morgan fingerprint density at radius 3 is 3.33 bits per heavy atom. The number of rotatable bonds is 6. The van der Waals surface area contributed by atoms with E-state index in [0.29, 0.717) is 12.6 Å². The molecule has 1 atom stereocenters. The number of nitrogens with zero attached hydrogens (tertiary/aromatic N) is 1. The summed E-state index contributed by atoms with van der Waals surface area (Å²) >= 11 is 0. The van der Waals surface area contributed by atoms with Crippen LogP contribution in [0.15, 0.2) is 18.3 Å². The van der Waals surface area contributed by atoms with Crippen molar-refractivity contribution in [2.24, 2.45) is 0 Å². The Hall–Kier alpha value is -1.33. The molecule has 1 aliphatic rings. The molecule has 0 bridgehead atoms. The smallest absolute Gasteiger partial charge is 0.168 e. The van der Waals surface area contributed by atoms with Gasteiger partial charge in [0.1, 0.15) is 0 Å². The standard InChI is InChI=1S/C13H21N3O2/c1-2-7-18-12-4-3-5-15-13(12)16-9-11-10-17-8-6-14-11/h3-5,11,14H,2,6-10H2,1H3,(H,15,16). The molecule has 0 aromatic carbocycles. The molecule has 1 aromatic heterocycles. The van der Waals surface area contributed by atoms with Gasteiger partial charge < -0.3 is 20.1 Å². The number of hydrogen-bond acceptors (Lipinski definition) is 5. The van der Waals surface area contributed by atoms with Gasteiger partial charge in [0.2, 0.25) is 0 Å². The van der Waals surface area contributed by atoms with E-state index in [1.165, 1.54) is 0 Å². The molecule has 18 heavy (non-hydrogen) atoms. The summed E-state index contributed by atoms with van der Waals surface area (Å²) in [5.74, 6) is 1.62. The molecule has 1 unspecified atom stereocenters. The van der Waals surface area contributed by atoms with E-state index < -0.39 is 0 Å². The molecule has 5 nitrogen and oxygen atoms in total. The van der Waals surface area contributed by atoms with E-state index >= 15 is 0 Å². The Labute approximate surface area is 108 Å². The van der Waals surface area contributed by atoms with Crippen LogP contribution in [0.5, 0.6) is 5.75 Å². The van der Waals surface area contributed by atoms with Crippen LogP contribution in [0.4, 0.5) is 5.82 Å². The lowest BCUT2D eigenvalue weighted by molar-refractivity contribution is 0.0806. The molecule has 0 amide bonds. The molecule has 0 radical (unpaired) electrons. The number of morpholine rings is 1. The highest BCUT2D eigenvalue weighted by Gasteiger charge is 2.13. The maximum absolute atomic E-state index is 5.65. The van der Waals surface area contributed by atoms with Gasteiger partial charge in [-0.25, -0.2) is 4.98 Å². The summed E-state index contributed by atoms with van der Waals surface area (Å²) in [4.78, 5) is 4.31. The first kappa shape index (κ1) is 13.1. The lowest BCUT2D eigenvalue weighted by atomic mass is 10.2. The Balaban J connectivity index is 1.87. The molecule has 1 aliphatic heterocycles. The fourth-order valence-electron chi connectivity index (χ4n) is 1.82. The van der Waals surface area contributed by atoms with Crippen molar-refractivity contribution < 1.29 is 9.47 Å². The summed E-state index contributed by atoms with van der Waals surface area (Å²) < 4.78 is 11.1. The molecular formula is C13H21N3O2. The molecule has 1 fully saturated rings. The quantitative estimate of drug-likeness (QED) is 0.797. The van der Waals surface area contributed by atoms with Crippen LogP contribution in [0.25, 0.3) is 0 Å². The van der Waals surface area contributed by atoms with Gasteiger partial charge >= 0.3 is 0 Å². The summed E-state index contributed by atoms with van der Waals surface area (Å²) in [6.45, 7) is 6.04. The van der Waals surface area contributed by atoms with E-state index in [0.717, 1.165) is 44.3 Å². The first-order valence-electron chi connectivity index (χ1n) is 6.53. The summed E-state index contributed by atoms with van der Waals surface area (Å²) in [7, 11) is 0. The zero-order valence-corrected chi connectivity index (χ0v) is 10.8. The molecule has 0 spiro atoms. The fourth-order valence-corrected chi connectivity index (χ4v) is 1.82. The second-order valence-electron chi connectivity index (χ2n) is 4.31. The highest BCUT2D eigenvalue weighted by molar-refractivity contribution is 5.49. The first-order valence-corrected chi connectivity index (χ1v) is 6.53. The highest BCUT2D eigenvalue weighted by atomic mass is 16.5. The number of hydrogen-bond donors (Lipinski definition) is 2. The van der Waals surface area contributed by atoms with Gasteiger partial charge in [-0.1, -0.05) is 6.92 Å². The third kappa shape index (κ3) is 3.85. The van der Waals surface area contributed by atoms with E-state index in [-0.39, 0.29) is 0 Å². The van der Waals surface area contributed by atoms with E-state index in [4.69, 9.17) is 9.47 Å². The second-order valence-corrected chi connectivity index (χ2v) is 4.31. The van der Waals surface area contributed by atoms with Crippen LogP contribution in [-0.4, -0.2) is 43.9 Å². The largest absolute Gasteiger partial charge is 0.490 e. The second kappa shape index (κ2) is 7.18. The van der Waals surface area contributed by atoms with Gasteiger partial charge in [-0.3, -0.25) is 0 Å². The van der Waals surface area contributed by atoms with Crippen molar-refractivity contribution in [2.75, 3.05) is 38.2 Å². The molecule has 1 aromatic rings. The number of pyridine rings is 1. The van der Waals surface area contributed by atoms with Crippen molar-refractivity contribution in [1.82, 2.24) is 10.3 Å². The highest BCUT2D eigenvalue weighted by Crippen LogP contribution is 2.20. The zero-order chi connectivity index (χ0) is 12.6. The van der Waals surface area contributed by atoms with Crippen molar-refractivity contribution in [3.8, 4) is 5.75 Å². The van der Waals surface area contributed by atoms with Crippen LogP contribution in [0, 0.1) is 0 Å². The lowest BCUT2D eigenvalue weighted by Crippen LogP contribution is -2.45. The van der Waals surface area contributed by atoms with Gasteiger partial charge in [0, 0.05) is 25.3 Å². The predicted molar refractivity (Wildman–Crippen MR) is 71.1 cm³/mol. The minimum atomic E-state index is 0.333. The van der Waals surface area contributed by atoms with Gasteiger partial charge in [-0.15, -0.1) is 0 Å². The average Bonchev–Trinajstić information content (AvgIpc) is 2.45. The van der Waals surface area contributed by atoms with Crippen LogP contribution >= 0.6 is 0 Å². The van der Waals surface area contributed by atoms with E-state index in [2.05, 4.69) is 22.5 Å². The minimum absolute atomic E-state index is 0.333. The van der Waals surface area contributed by atoms with Gasteiger partial charge in [-0.05, 0) is 18.6 Å². The zero-order valence-electron chi connectivity index (χ0n) is 10.8. The third-order valence-corrected chi connectivity index (χ3v) is 2.75. The lowest BCUT2D eigenvalue weighted by Gasteiger charge is -2.24. The topological polar surface area (TPSA) is 55.4 Å². The molecular weight excluding hydrogens is 230 g/mol. The maximum atomic E-state index is 5.65. The van der Waals surface area contributed by atoms with Crippen LogP contribution in [0.2, 0.25) is 0 Å². The number of ether oxygens (including phenoxy) is 2. The molecule has 2 heterocycles. The average molecular weight is 251 g/mol. The van der Waals surface area contributed by atoms with Crippen molar-refractivity contribution in [3.63, 3.8) is 0 Å². The van der Waals surface area contributed by atoms with E-state index in [1.807, 2.05) is 12.1 Å². The Morgan fingerprint density at radius 1 is 1.61 bits per heavy atom. The van der Waals surface area contributed by atoms with Crippen LogP contribution < -0.4 is 15.4 Å². The van der Waals surface area contributed by atoms with Crippen molar-refractivity contribution >= 4 is 5.82 Å². The van der Waals surface area contributed by atoms with Crippen LogP contribution in [-0.2, 0) is 4.74 Å². The van der Waals surface area contributed by atoms with Gasteiger partial charge in [0.15, 0.2) is 11.6 Å². The molecule has 100 valence electrons. The molecule has 5 heteroatoms. The third-order valence-electron chi connectivity index (χ3n) is 2.75. The maximum Gasteiger partial charge on any atom is 0.168 e. The van der Waals surface area contributed by atoms with Crippen LogP contribution in [0.3, 0.4) is 0 Å². The summed E-state index contributed by atoms with van der Waals surface area (Å²) in [6.07, 6.45) is 2.76. The molecule has 0 aliphatic carbocycles. The van der Waals surface area contributed by atoms with Gasteiger partial charge in [-0.2, -0.15) is 0 Å². The van der Waals surface area contributed by atoms with Crippen molar-refractivity contribution in [3.05, 3.63) is 18.3 Å². The number of anilines is 1. The predicted octanol–water partition coefficient (Wildman–Crippen LogP) is 1.27. The van der Waals surface area contributed by atoms with Crippen molar-refractivity contribution in [1.29, 1.82) is 0 Å². The summed E-state index contributed by atoms with van der Waals surface area (Å²) in [5, 5.41) is 6.71. The molecule has 1 saturated heterocycles. The summed E-state index contributed by atoms with van der Waals surface area (Å²) in [5.41, 5.74) is 0. The first-order chi connectivity index (χ1) is 8.90.